The molecule has 0 saturated heterocycles. The van der Waals surface area contributed by atoms with Gasteiger partial charge in [-0.1, -0.05) is 122 Å². The van der Waals surface area contributed by atoms with Crippen molar-refractivity contribution >= 4 is 28.7 Å². The molecule has 0 saturated carbocycles. The Morgan fingerprint density at radius 3 is 1.98 bits per heavy atom. The summed E-state index contributed by atoms with van der Waals surface area (Å²) in [6.07, 6.45) is 19.2. The number of fused-ring (bicyclic) bond motifs is 1. The van der Waals surface area contributed by atoms with Crippen molar-refractivity contribution in [2.24, 2.45) is 5.92 Å². The fraction of sp³-hybridized carbons (Fsp3) is 0.667. The van der Waals surface area contributed by atoms with Gasteiger partial charge in [-0.2, -0.15) is 0 Å². The highest BCUT2D eigenvalue weighted by Gasteiger charge is 2.30. The van der Waals surface area contributed by atoms with E-state index < -0.39 is 24.0 Å². The zero-order valence-corrected chi connectivity index (χ0v) is 25.1. The van der Waals surface area contributed by atoms with Gasteiger partial charge in [0.25, 0.3) is 0 Å². The van der Waals surface area contributed by atoms with E-state index in [0.29, 0.717) is 12.8 Å². The fourth-order valence-electron chi connectivity index (χ4n) is 5.23. The normalized spacial score (nSPS) is 13.6. The summed E-state index contributed by atoms with van der Waals surface area (Å²) in [5.41, 5.74) is 1.75. The first-order valence-corrected chi connectivity index (χ1v) is 15.7. The number of benzene rings is 1. The molecule has 1 heterocycles. The van der Waals surface area contributed by atoms with E-state index in [9.17, 15) is 19.5 Å². The quantitative estimate of drug-likeness (QED) is 0.114. The number of para-hydroxylation sites is 1. The van der Waals surface area contributed by atoms with Crippen LogP contribution in [-0.4, -0.2) is 40.0 Å². The third-order valence-corrected chi connectivity index (χ3v) is 8.03. The Hall–Kier alpha value is -2.83. The number of aromatic nitrogens is 1. The van der Waals surface area contributed by atoms with Gasteiger partial charge in [0.1, 0.15) is 12.1 Å². The number of aliphatic carboxylic acids is 1. The molecule has 4 N–H and O–H groups in total. The maximum Gasteiger partial charge on any atom is 0.326 e. The third kappa shape index (κ3) is 12.1. The summed E-state index contributed by atoms with van der Waals surface area (Å²) in [6.45, 7) is 6.12. The van der Waals surface area contributed by atoms with Crippen LogP contribution in [0.1, 0.15) is 123 Å². The molecule has 0 aliphatic rings. The zero-order chi connectivity index (χ0) is 29.2. The summed E-state index contributed by atoms with van der Waals surface area (Å²) in [5.74, 6) is -1.80. The van der Waals surface area contributed by atoms with Crippen LogP contribution in [0.25, 0.3) is 10.9 Å². The SMILES string of the molecule is CCCCCCCCCCCCCCCC(=O)N[C@H](C(=O)N[C@@H](Cc1c[nH]c2ccccc12)C(=O)O)[C@@H](C)CC. The molecule has 2 rings (SSSR count). The van der Waals surface area contributed by atoms with E-state index in [1.54, 1.807) is 6.20 Å². The van der Waals surface area contributed by atoms with Crippen LogP contribution in [0.4, 0.5) is 0 Å². The number of carboxylic acids is 1. The molecule has 0 aliphatic heterocycles. The van der Waals surface area contributed by atoms with Crippen LogP contribution in [0.5, 0.6) is 0 Å². The van der Waals surface area contributed by atoms with Gasteiger partial charge in [0.15, 0.2) is 0 Å². The van der Waals surface area contributed by atoms with Crippen molar-refractivity contribution in [2.75, 3.05) is 0 Å². The largest absolute Gasteiger partial charge is 0.480 e. The highest BCUT2D eigenvalue weighted by Crippen LogP contribution is 2.20. The van der Waals surface area contributed by atoms with Crippen LogP contribution in [0, 0.1) is 5.92 Å². The number of carboxylic acid groups (broad SMARTS) is 1. The molecular weight excluding hydrogens is 502 g/mol. The van der Waals surface area contributed by atoms with E-state index >= 15 is 0 Å². The number of carbonyl (C=O) groups is 3. The Morgan fingerprint density at radius 2 is 1.40 bits per heavy atom. The number of nitrogens with one attached hydrogen (secondary N) is 3. The first-order chi connectivity index (χ1) is 19.4. The van der Waals surface area contributed by atoms with Crippen molar-refractivity contribution in [3.63, 3.8) is 0 Å². The smallest absolute Gasteiger partial charge is 0.326 e. The molecule has 2 aromatic rings. The van der Waals surface area contributed by atoms with Crippen LogP contribution in [0.2, 0.25) is 0 Å². The number of hydrogen-bond donors (Lipinski definition) is 4. The van der Waals surface area contributed by atoms with Crippen LogP contribution in [-0.2, 0) is 20.8 Å². The standard InChI is InChI=1S/C33H53N3O4/c1-4-6-7-8-9-10-11-12-13-14-15-16-17-22-30(37)36-31(25(3)5-2)32(38)35-29(33(39)40)23-26-24-34-28-21-19-18-20-27(26)28/h18-21,24-25,29,31,34H,4-17,22-23H2,1-3H3,(H,35,38)(H,36,37)(H,39,40)/t25-,29-,31-/m0/s1. The topological polar surface area (TPSA) is 111 Å². The lowest BCUT2D eigenvalue weighted by Gasteiger charge is -2.25. The molecule has 1 aromatic carbocycles. The van der Waals surface area contributed by atoms with Crippen molar-refractivity contribution < 1.29 is 19.5 Å². The summed E-state index contributed by atoms with van der Waals surface area (Å²) in [7, 11) is 0. The van der Waals surface area contributed by atoms with Crippen molar-refractivity contribution in [1.29, 1.82) is 0 Å². The molecule has 3 atom stereocenters. The fourth-order valence-corrected chi connectivity index (χ4v) is 5.23. The Morgan fingerprint density at radius 1 is 0.825 bits per heavy atom. The molecule has 0 spiro atoms. The predicted octanol–water partition coefficient (Wildman–Crippen LogP) is 7.29. The monoisotopic (exact) mass is 555 g/mol. The van der Waals surface area contributed by atoms with Gasteiger partial charge in [0.05, 0.1) is 0 Å². The number of hydrogen-bond acceptors (Lipinski definition) is 3. The number of aromatic amines is 1. The van der Waals surface area contributed by atoms with Crippen LogP contribution >= 0.6 is 0 Å². The highest BCUT2D eigenvalue weighted by atomic mass is 16.4. The van der Waals surface area contributed by atoms with E-state index in [1.165, 1.54) is 64.2 Å². The van der Waals surface area contributed by atoms with Crippen LogP contribution in [0.3, 0.4) is 0 Å². The minimum atomic E-state index is -1.10. The van der Waals surface area contributed by atoms with Gasteiger partial charge in [-0.3, -0.25) is 9.59 Å². The van der Waals surface area contributed by atoms with Gasteiger partial charge < -0.3 is 20.7 Å². The van der Waals surface area contributed by atoms with Gasteiger partial charge in [0.2, 0.25) is 11.8 Å². The minimum absolute atomic E-state index is 0.113. The lowest BCUT2D eigenvalue weighted by Crippen LogP contribution is -2.54. The van der Waals surface area contributed by atoms with Gasteiger partial charge in [-0.15, -0.1) is 0 Å². The molecule has 0 aliphatic carbocycles. The number of amides is 2. The highest BCUT2D eigenvalue weighted by molar-refractivity contribution is 5.91. The first-order valence-electron chi connectivity index (χ1n) is 15.7. The summed E-state index contributed by atoms with van der Waals surface area (Å²) < 4.78 is 0. The maximum absolute atomic E-state index is 13.2. The Balaban J connectivity index is 1.72. The van der Waals surface area contributed by atoms with Crippen molar-refractivity contribution in [3.8, 4) is 0 Å². The number of H-pyrrole nitrogens is 1. The Kier molecular flexibility index (Phi) is 16.1. The van der Waals surface area contributed by atoms with E-state index in [-0.39, 0.29) is 18.2 Å². The summed E-state index contributed by atoms with van der Waals surface area (Å²) in [4.78, 5) is 41.0. The average molecular weight is 556 g/mol. The molecule has 7 nitrogen and oxygen atoms in total. The summed E-state index contributed by atoms with van der Waals surface area (Å²) >= 11 is 0. The molecule has 0 radical (unpaired) electrons. The average Bonchev–Trinajstić information content (AvgIpc) is 3.36. The third-order valence-electron chi connectivity index (χ3n) is 8.03. The summed E-state index contributed by atoms with van der Waals surface area (Å²) in [5, 5.41) is 16.3. The van der Waals surface area contributed by atoms with Crippen LogP contribution in [0.15, 0.2) is 30.5 Å². The number of unbranched alkanes of at least 4 members (excludes halogenated alkanes) is 12. The lowest BCUT2D eigenvalue weighted by molar-refractivity contribution is -0.142. The van der Waals surface area contributed by atoms with E-state index in [1.807, 2.05) is 38.1 Å². The second kappa shape index (κ2) is 19.3. The number of carbonyl (C=O) groups excluding carboxylic acids is 2. The van der Waals surface area contributed by atoms with Crippen LogP contribution < -0.4 is 10.6 Å². The Bertz CT molecular complexity index is 1020. The first kappa shape index (κ1) is 33.4. The van der Waals surface area contributed by atoms with E-state index in [4.69, 9.17) is 0 Å². The molecule has 224 valence electrons. The van der Waals surface area contributed by atoms with Gasteiger partial charge in [0, 0.05) is 29.9 Å². The molecule has 40 heavy (non-hydrogen) atoms. The van der Waals surface area contributed by atoms with Crippen molar-refractivity contribution in [2.45, 2.75) is 136 Å². The van der Waals surface area contributed by atoms with E-state index in [2.05, 4.69) is 22.5 Å². The maximum atomic E-state index is 13.2. The van der Waals surface area contributed by atoms with Crippen molar-refractivity contribution in [3.05, 3.63) is 36.0 Å². The zero-order valence-electron chi connectivity index (χ0n) is 25.1. The van der Waals surface area contributed by atoms with Gasteiger partial charge in [-0.05, 0) is 24.0 Å². The lowest BCUT2D eigenvalue weighted by atomic mass is 9.97. The second-order valence-corrected chi connectivity index (χ2v) is 11.4. The molecule has 0 unspecified atom stereocenters. The molecule has 7 heteroatoms. The number of rotatable bonds is 22. The molecule has 0 fully saturated rings. The molecule has 0 bridgehead atoms. The van der Waals surface area contributed by atoms with Crippen molar-refractivity contribution in [1.82, 2.24) is 15.6 Å². The predicted molar refractivity (Wildman–Crippen MR) is 163 cm³/mol. The molecular formula is C33H53N3O4. The Labute approximate surface area is 241 Å². The second-order valence-electron chi connectivity index (χ2n) is 11.4. The molecule has 2 amide bonds. The van der Waals surface area contributed by atoms with E-state index in [0.717, 1.165) is 35.7 Å². The molecule has 1 aromatic heterocycles. The summed E-state index contributed by atoms with van der Waals surface area (Å²) in [6, 6.07) is 5.83. The minimum Gasteiger partial charge on any atom is -0.480 e. The van der Waals surface area contributed by atoms with Gasteiger partial charge >= 0.3 is 5.97 Å². The van der Waals surface area contributed by atoms with Gasteiger partial charge in [-0.25, -0.2) is 4.79 Å².